The maximum atomic E-state index is 12.1. The van der Waals surface area contributed by atoms with E-state index in [4.69, 9.17) is 0 Å². The first-order valence-corrected chi connectivity index (χ1v) is 6.78. The highest BCUT2D eigenvalue weighted by molar-refractivity contribution is 5.75. The quantitative estimate of drug-likeness (QED) is 0.913. The summed E-state index contributed by atoms with van der Waals surface area (Å²) < 4.78 is 40.0. The Morgan fingerprint density at radius 3 is 2.43 bits per heavy atom. The van der Waals surface area contributed by atoms with Crippen LogP contribution >= 0.6 is 0 Å². The van der Waals surface area contributed by atoms with E-state index in [1.807, 2.05) is 6.92 Å². The van der Waals surface area contributed by atoms with Gasteiger partial charge in [-0.25, -0.2) is 0 Å². The van der Waals surface area contributed by atoms with Crippen molar-refractivity contribution >= 4 is 5.97 Å². The van der Waals surface area contributed by atoms with Crippen LogP contribution in [0, 0.1) is 11.3 Å². The van der Waals surface area contributed by atoms with E-state index < -0.39 is 17.7 Å². The van der Waals surface area contributed by atoms with Crippen molar-refractivity contribution in [1.29, 1.82) is 0 Å². The van der Waals surface area contributed by atoms with Gasteiger partial charge in [-0.15, -0.1) is 13.2 Å². The van der Waals surface area contributed by atoms with Gasteiger partial charge in [-0.05, 0) is 49.3 Å². The van der Waals surface area contributed by atoms with E-state index in [-0.39, 0.29) is 5.75 Å². The summed E-state index contributed by atoms with van der Waals surface area (Å²) in [6, 6.07) is 5.43. The Morgan fingerprint density at radius 2 is 2.00 bits per heavy atom. The summed E-state index contributed by atoms with van der Waals surface area (Å²) in [4.78, 5) is 11.6. The zero-order chi connectivity index (χ0) is 15.7. The van der Waals surface area contributed by atoms with Crippen molar-refractivity contribution in [2.24, 2.45) is 11.3 Å². The Bertz CT molecular complexity index is 510. The van der Waals surface area contributed by atoms with Crippen LogP contribution in [0.15, 0.2) is 24.3 Å². The summed E-state index contributed by atoms with van der Waals surface area (Å²) >= 11 is 0. The zero-order valence-corrected chi connectivity index (χ0v) is 11.6. The molecule has 0 saturated heterocycles. The number of hydrogen-bond donors (Lipinski definition) is 1. The maximum absolute atomic E-state index is 12.1. The second-order valence-corrected chi connectivity index (χ2v) is 5.80. The van der Waals surface area contributed by atoms with E-state index in [9.17, 15) is 23.1 Å². The molecule has 1 saturated carbocycles. The highest BCUT2D eigenvalue weighted by Gasteiger charge is 2.44. The molecule has 2 unspecified atom stereocenters. The van der Waals surface area contributed by atoms with Gasteiger partial charge in [0.25, 0.3) is 0 Å². The molecule has 116 valence electrons. The lowest BCUT2D eigenvalue weighted by atomic mass is 9.79. The molecule has 1 N–H and O–H groups in total. The number of rotatable bonds is 4. The van der Waals surface area contributed by atoms with Gasteiger partial charge in [-0.1, -0.05) is 19.1 Å². The standard InChI is InChI=1S/C15H17F3O3/c1-10-6-7-14(8-10,13(19)20)9-11-2-4-12(5-3-11)21-15(16,17)18/h2-5,10H,6-9H2,1H3,(H,19,20). The molecule has 0 radical (unpaired) electrons. The van der Waals surface area contributed by atoms with Crippen molar-refractivity contribution < 1.29 is 27.8 Å². The monoisotopic (exact) mass is 302 g/mol. The number of halogens is 3. The third kappa shape index (κ3) is 3.89. The van der Waals surface area contributed by atoms with Crippen LogP contribution in [0.2, 0.25) is 0 Å². The molecule has 1 fully saturated rings. The summed E-state index contributed by atoms with van der Waals surface area (Å²) in [5.74, 6) is -0.771. The highest BCUT2D eigenvalue weighted by atomic mass is 19.4. The van der Waals surface area contributed by atoms with Gasteiger partial charge >= 0.3 is 12.3 Å². The first-order valence-electron chi connectivity index (χ1n) is 6.78. The first kappa shape index (κ1) is 15.7. The first-order chi connectivity index (χ1) is 9.70. The number of benzene rings is 1. The molecular weight excluding hydrogens is 285 g/mol. The number of ether oxygens (including phenoxy) is 1. The summed E-state index contributed by atoms with van der Waals surface area (Å²) in [5, 5.41) is 9.48. The fourth-order valence-electron chi connectivity index (χ4n) is 3.02. The van der Waals surface area contributed by atoms with Crippen molar-refractivity contribution in [2.75, 3.05) is 0 Å². The lowest BCUT2D eigenvalue weighted by molar-refractivity contribution is -0.274. The molecule has 2 atom stereocenters. The van der Waals surface area contributed by atoms with Gasteiger partial charge in [-0.3, -0.25) is 4.79 Å². The Labute approximate surface area is 120 Å². The largest absolute Gasteiger partial charge is 0.573 e. The lowest BCUT2D eigenvalue weighted by Crippen LogP contribution is -2.30. The van der Waals surface area contributed by atoms with E-state index in [1.54, 1.807) is 0 Å². The number of carbonyl (C=O) groups is 1. The van der Waals surface area contributed by atoms with Crippen molar-refractivity contribution in [3.05, 3.63) is 29.8 Å². The SMILES string of the molecule is CC1CCC(Cc2ccc(OC(F)(F)F)cc2)(C(=O)O)C1. The summed E-state index contributed by atoms with van der Waals surface area (Å²) in [5.41, 5.74) is -0.0905. The summed E-state index contributed by atoms with van der Waals surface area (Å²) in [6.07, 6.45) is -2.32. The minimum absolute atomic E-state index is 0.296. The second kappa shape index (κ2) is 5.58. The Balaban J connectivity index is 2.10. The molecule has 0 spiro atoms. The fraction of sp³-hybridized carbons (Fsp3) is 0.533. The van der Waals surface area contributed by atoms with Crippen LogP contribution in [-0.2, 0) is 11.2 Å². The third-order valence-corrected chi connectivity index (χ3v) is 4.01. The van der Waals surface area contributed by atoms with Gasteiger partial charge in [0.15, 0.2) is 0 Å². The predicted octanol–water partition coefficient (Wildman–Crippen LogP) is 4.02. The van der Waals surface area contributed by atoms with Crippen LogP contribution in [0.25, 0.3) is 0 Å². The van der Waals surface area contributed by atoms with Crippen LogP contribution in [0.5, 0.6) is 5.75 Å². The number of carboxylic acid groups (broad SMARTS) is 1. The Morgan fingerprint density at radius 1 is 1.38 bits per heavy atom. The molecule has 0 heterocycles. The summed E-state index contributed by atoms with van der Waals surface area (Å²) in [7, 11) is 0. The minimum Gasteiger partial charge on any atom is -0.481 e. The van der Waals surface area contributed by atoms with E-state index in [2.05, 4.69) is 4.74 Å². The van der Waals surface area contributed by atoms with Gasteiger partial charge in [-0.2, -0.15) is 0 Å². The van der Waals surface area contributed by atoms with E-state index >= 15 is 0 Å². The molecule has 0 aliphatic heterocycles. The van der Waals surface area contributed by atoms with Gasteiger partial charge in [0.1, 0.15) is 5.75 Å². The van der Waals surface area contributed by atoms with Crippen LogP contribution in [0.3, 0.4) is 0 Å². The highest BCUT2D eigenvalue weighted by Crippen LogP contribution is 2.44. The van der Waals surface area contributed by atoms with Crippen molar-refractivity contribution in [2.45, 2.75) is 39.0 Å². The molecule has 3 nitrogen and oxygen atoms in total. The normalized spacial score (nSPS) is 25.8. The second-order valence-electron chi connectivity index (χ2n) is 5.80. The Hall–Kier alpha value is -1.72. The Kier molecular flexibility index (Phi) is 4.16. The molecule has 0 aromatic heterocycles. The van der Waals surface area contributed by atoms with Crippen molar-refractivity contribution in [3.8, 4) is 5.75 Å². The van der Waals surface area contributed by atoms with E-state index in [0.717, 1.165) is 6.42 Å². The van der Waals surface area contributed by atoms with Gasteiger partial charge in [0.2, 0.25) is 0 Å². The molecular formula is C15H17F3O3. The molecule has 1 aliphatic rings. The molecule has 0 bridgehead atoms. The zero-order valence-electron chi connectivity index (χ0n) is 11.6. The molecule has 0 amide bonds. The number of carboxylic acids is 1. The average molecular weight is 302 g/mol. The summed E-state index contributed by atoms with van der Waals surface area (Å²) in [6.45, 7) is 2.02. The lowest BCUT2D eigenvalue weighted by Gasteiger charge is -2.24. The topological polar surface area (TPSA) is 46.5 Å². The number of alkyl halides is 3. The van der Waals surface area contributed by atoms with Gasteiger partial charge < -0.3 is 9.84 Å². The van der Waals surface area contributed by atoms with Crippen LogP contribution < -0.4 is 4.74 Å². The average Bonchev–Trinajstić information content (AvgIpc) is 2.73. The smallest absolute Gasteiger partial charge is 0.481 e. The molecule has 1 aromatic rings. The molecule has 2 rings (SSSR count). The molecule has 1 aliphatic carbocycles. The van der Waals surface area contributed by atoms with Crippen molar-refractivity contribution in [3.63, 3.8) is 0 Å². The molecule has 21 heavy (non-hydrogen) atoms. The number of aliphatic carboxylic acids is 1. The maximum Gasteiger partial charge on any atom is 0.573 e. The minimum atomic E-state index is -4.72. The van der Waals surface area contributed by atoms with Crippen LogP contribution in [-0.4, -0.2) is 17.4 Å². The van der Waals surface area contributed by atoms with Gasteiger partial charge in [0, 0.05) is 0 Å². The molecule has 6 heteroatoms. The molecule has 1 aromatic carbocycles. The van der Waals surface area contributed by atoms with Crippen LogP contribution in [0.4, 0.5) is 13.2 Å². The third-order valence-electron chi connectivity index (χ3n) is 4.01. The van der Waals surface area contributed by atoms with E-state index in [0.29, 0.717) is 30.7 Å². The van der Waals surface area contributed by atoms with E-state index in [1.165, 1.54) is 24.3 Å². The predicted molar refractivity (Wildman–Crippen MR) is 69.9 cm³/mol. The van der Waals surface area contributed by atoms with Crippen molar-refractivity contribution in [1.82, 2.24) is 0 Å². The number of hydrogen-bond acceptors (Lipinski definition) is 2. The van der Waals surface area contributed by atoms with Crippen LogP contribution in [0.1, 0.15) is 31.7 Å². The van der Waals surface area contributed by atoms with Gasteiger partial charge in [0.05, 0.1) is 5.41 Å². The fourth-order valence-corrected chi connectivity index (χ4v) is 3.02.